The Hall–Kier alpha value is -0.350. The molecule has 0 aromatic carbocycles. The first-order valence-corrected chi connectivity index (χ1v) is 6.47. The first-order chi connectivity index (χ1) is 7.29. The van der Waals surface area contributed by atoms with Crippen LogP contribution in [0.4, 0.5) is 0 Å². The molecule has 15 heavy (non-hydrogen) atoms. The molecule has 1 atom stereocenters. The highest BCUT2D eigenvalue weighted by molar-refractivity contribution is 7.80. The van der Waals surface area contributed by atoms with E-state index >= 15 is 0 Å². The number of hydrogen-bond acceptors (Lipinski definition) is 2. The van der Waals surface area contributed by atoms with Crippen LogP contribution in [0.3, 0.4) is 0 Å². The Morgan fingerprint density at radius 3 is 2.67 bits per heavy atom. The first-order valence-electron chi connectivity index (χ1n) is 6.06. The van der Waals surface area contributed by atoms with E-state index in [-0.39, 0.29) is 0 Å². The standard InChI is InChI=1S/C11H21N3S/c1-2-5-12-11(15)13-10-8-14-6-3-9(10)4-7-14/h9-10H,2-8H2,1H3,(H2,12,13,15). The summed E-state index contributed by atoms with van der Waals surface area (Å²) in [7, 11) is 0. The summed E-state index contributed by atoms with van der Waals surface area (Å²) < 4.78 is 0. The van der Waals surface area contributed by atoms with Crippen molar-refractivity contribution in [3.05, 3.63) is 0 Å². The van der Waals surface area contributed by atoms with Gasteiger partial charge in [-0.15, -0.1) is 0 Å². The molecule has 0 aromatic heterocycles. The summed E-state index contributed by atoms with van der Waals surface area (Å²) >= 11 is 5.28. The van der Waals surface area contributed by atoms with Gasteiger partial charge in [-0.3, -0.25) is 0 Å². The number of nitrogens with one attached hydrogen (secondary N) is 2. The second-order valence-electron chi connectivity index (χ2n) is 4.64. The molecule has 0 aliphatic carbocycles. The lowest BCUT2D eigenvalue weighted by molar-refractivity contribution is 0.0812. The molecule has 1 unspecified atom stereocenters. The van der Waals surface area contributed by atoms with E-state index < -0.39 is 0 Å². The zero-order valence-electron chi connectivity index (χ0n) is 9.46. The molecular formula is C11H21N3S. The summed E-state index contributed by atoms with van der Waals surface area (Å²) in [6.45, 7) is 6.89. The Labute approximate surface area is 97.6 Å². The zero-order chi connectivity index (χ0) is 10.7. The lowest BCUT2D eigenvalue weighted by Gasteiger charge is -2.45. The molecule has 3 aliphatic heterocycles. The van der Waals surface area contributed by atoms with Crippen molar-refractivity contribution in [3.63, 3.8) is 0 Å². The van der Waals surface area contributed by atoms with Crippen LogP contribution in [-0.2, 0) is 0 Å². The molecule has 3 aliphatic rings. The van der Waals surface area contributed by atoms with E-state index in [1.165, 1.54) is 32.5 Å². The lowest BCUT2D eigenvalue weighted by Crippen LogP contribution is -2.58. The van der Waals surface area contributed by atoms with Gasteiger partial charge in [0.05, 0.1) is 0 Å². The Bertz CT molecular complexity index is 224. The fourth-order valence-electron chi connectivity index (χ4n) is 2.59. The van der Waals surface area contributed by atoms with E-state index in [1.54, 1.807) is 0 Å². The van der Waals surface area contributed by atoms with Crippen LogP contribution >= 0.6 is 12.2 Å². The third-order valence-corrected chi connectivity index (χ3v) is 3.77. The molecule has 86 valence electrons. The van der Waals surface area contributed by atoms with Crippen molar-refractivity contribution in [2.24, 2.45) is 5.92 Å². The number of fused-ring (bicyclic) bond motifs is 3. The second kappa shape index (κ2) is 5.12. The third-order valence-electron chi connectivity index (χ3n) is 3.51. The summed E-state index contributed by atoms with van der Waals surface area (Å²) in [6, 6.07) is 0.587. The van der Waals surface area contributed by atoms with Gasteiger partial charge >= 0.3 is 0 Å². The monoisotopic (exact) mass is 227 g/mol. The lowest BCUT2D eigenvalue weighted by atomic mass is 9.84. The number of nitrogens with zero attached hydrogens (tertiary/aromatic N) is 1. The van der Waals surface area contributed by atoms with Crippen LogP contribution in [0.2, 0.25) is 0 Å². The molecule has 2 N–H and O–H groups in total. The molecule has 2 bridgehead atoms. The maximum absolute atomic E-state index is 5.28. The minimum Gasteiger partial charge on any atom is -0.363 e. The quantitative estimate of drug-likeness (QED) is 0.702. The fraction of sp³-hybridized carbons (Fsp3) is 0.909. The highest BCUT2D eigenvalue weighted by Crippen LogP contribution is 2.27. The molecule has 3 rings (SSSR count). The van der Waals surface area contributed by atoms with Crippen LogP contribution in [0.15, 0.2) is 0 Å². The van der Waals surface area contributed by atoms with Gasteiger partial charge in [0.1, 0.15) is 0 Å². The largest absolute Gasteiger partial charge is 0.363 e. The van der Waals surface area contributed by atoms with Crippen LogP contribution in [0, 0.1) is 5.92 Å². The van der Waals surface area contributed by atoms with Crippen LogP contribution in [0.1, 0.15) is 26.2 Å². The van der Waals surface area contributed by atoms with Crippen molar-refractivity contribution < 1.29 is 0 Å². The van der Waals surface area contributed by atoms with Crippen LogP contribution in [0.25, 0.3) is 0 Å². The van der Waals surface area contributed by atoms with E-state index in [9.17, 15) is 0 Å². The molecule has 0 saturated carbocycles. The normalized spacial score (nSPS) is 33.8. The maximum Gasteiger partial charge on any atom is 0.166 e. The Morgan fingerprint density at radius 1 is 1.40 bits per heavy atom. The molecule has 3 fully saturated rings. The van der Waals surface area contributed by atoms with Gasteiger partial charge in [0, 0.05) is 19.1 Å². The number of rotatable bonds is 3. The highest BCUT2D eigenvalue weighted by atomic mass is 32.1. The molecule has 3 nitrogen and oxygen atoms in total. The van der Waals surface area contributed by atoms with Gasteiger partial charge in [-0.1, -0.05) is 6.92 Å². The van der Waals surface area contributed by atoms with Gasteiger partial charge in [0.15, 0.2) is 5.11 Å². The number of thiocarbonyl (C=S) groups is 1. The SMILES string of the molecule is CCCNC(=S)NC1CN2CCC1CC2. The smallest absolute Gasteiger partial charge is 0.166 e. The maximum atomic E-state index is 5.28. The van der Waals surface area contributed by atoms with Crippen LogP contribution < -0.4 is 10.6 Å². The minimum absolute atomic E-state index is 0.587. The molecule has 0 spiro atoms. The van der Waals surface area contributed by atoms with E-state index in [0.717, 1.165) is 24.0 Å². The van der Waals surface area contributed by atoms with Gasteiger partial charge in [0.2, 0.25) is 0 Å². The third kappa shape index (κ3) is 2.82. The molecule has 4 heteroatoms. The van der Waals surface area contributed by atoms with Gasteiger partial charge in [-0.2, -0.15) is 0 Å². The highest BCUT2D eigenvalue weighted by Gasteiger charge is 2.34. The van der Waals surface area contributed by atoms with Crippen molar-refractivity contribution in [1.82, 2.24) is 15.5 Å². The van der Waals surface area contributed by atoms with E-state index in [4.69, 9.17) is 12.2 Å². The van der Waals surface area contributed by atoms with Crippen molar-refractivity contribution >= 4 is 17.3 Å². The molecule has 3 saturated heterocycles. The summed E-state index contributed by atoms with van der Waals surface area (Å²) in [6.07, 6.45) is 3.81. The van der Waals surface area contributed by atoms with Crippen LogP contribution in [0.5, 0.6) is 0 Å². The average Bonchev–Trinajstić information content (AvgIpc) is 2.28. The fourth-order valence-corrected chi connectivity index (χ4v) is 2.84. The van der Waals surface area contributed by atoms with Crippen LogP contribution in [-0.4, -0.2) is 42.2 Å². The molecule has 0 amide bonds. The predicted molar refractivity (Wildman–Crippen MR) is 67.0 cm³/mol. The molecular weight excluding hydrogens is 206 g/mol. The predicted octanol–water partition coefficient (Wildman–Crippen LogP) is 0.955. The Kier molecular flexibility index (Phi) is 3.81. The van der Waals surface area contributed by atoms with Gasteiger partial charge < -0.3 is 15.5 Å². The minimum atomic E-state index is 0.587. The van der Waals surface area contributed by atoms with Crippen molar-refractivity contribution in [2.75, 3.05) is 26.2 Å². The first kappa shape index (κ1) is 11.1. The zero-order valence-corrected chi connectivity index (χ0v) is 10.3. The summed E-state index contributed by atoms with van der Waals surface area (Å²) in [5.41, 5.74) is 0. The van der Waals surface area contributed by atoms with Crippen molar-refractivity contribution in [3.8, 4) is 0 Å². The second-order valence-corrected chi connectivity index (χ2v) is 5.05. The average molecular weight is 227 g/mol. The summed E-state index contributed by atoms with van der Waals surface area (Å²) in [5.74, 6) is 0.844. The summed E-state index contributed by atoms with van der Waals surface area (Å²) in [4.78, 5) is 2.54. The topological polar surface area (TPSA) is 27.3 Å². The van der Waals surface area contributed by atoms with Gasteiger partial charge in [0.25, 0.3) is 0 Å². The number of piperidine rings is 3. The Morgan fingerprint density at radius 2 is 2.13 bits per heavy atom. The van der Waals surface area contributed by atoms with Gasteiger partial charge in [-0.25, -0.2) is 0 Å². The summed E-state index contributed by atoms with van der Waals surface area (Å²) in [5, 5.41) is 7.55. The van der Waals surface area contributed by atoms with E-state index in [2.05, 4.69) is 22.5 Å². The van der Waals surface area contributed by atoms with Crippen molar-refractivity contribution in [2.45, 2.75) is 32.2 Å². The Balaban J connectivity index is 1.77. The number of hydrogen-bond donors (Lipinski definition) is 2. The van der Waals surface area contributed by atoms with E-state index in [1.807, 2.05) is 0 Å². The molecule has 3 heterocycles. The van der Waals surface area contributed by atoms with E-state index in [0.29, 0.717) is 6.04 Å². The molecule has 0 radical (unpaired) electrons. The van der Waals surface area contributed by atoms with Gasteiger partial charge in [-0.05, 0) is 50.5 Å². The van der Waals surface area contributed by atoms with Crippen molar-refractivity contribution in [1.29, 1.82) is 0 Å². The molecule has 0 aromatic rings.